The van der Waals surface area contributed by atoms with E-state index in [2.05, 4.69) is 5.32 Å². The molecule has 2 N–H and O–H groups in total. The highest BCUT2D eigenvalue weighted by atomic mass is 32.1. The summed E-state index contributed by atoms with van der Waals surface area (Å²) in [5.74, 6) is -0.504. The molecule has 5 nitrogen and oxygen atoms in total. The number of rotatable bonds is 5. The molecule has 0 saturated carbocycles. The normalized spacial score (nSPS) is 10.5. The molecule has 0 bridgehead atoms. The number of aromatic carboxylic acids is 1. The van der Waals surface area contributed by atoms with Gasteiger partial charge in [-0.2, -0.15) is 0 Å². The topological polar surface area (TPSA) is 79.5 Å². The summed E-state index contributed by atoms with van der Waals surface area (Å²) in [7, 11) is 0. The van der Waals surface area contributed by atoms with Crippen molar-refractivity contribution in [3.05, 3.63) is 40.2 Å². The van der Waals surface area contributed by atoms with Crippen LogP contribution in [0.1, 0.15) is 33.0 Å². The summed E-state index contributed by atoms with van der Waals surface area (Å²) in [6.45, 7) is 3.58. The molecule has 1 amide bonds. The molecule has 0 saturated heterocycles. The van der Waals surface area contributed by atoms with E-state index in [1.165, 1.54) is 11.3 Å². The number of hydrogen-bond donors (Lipinski definition) is 2. The van der Waals surface area contributed by atoms with Crippen molar-refractivity contribution in [3.63, 3.8) is 0 Å². The lowest BCUT2D eigenvalue weighted by atomic mass is 10.1. The molecular formula is C14H15NO4S. The highest BCUT2D eigenvalue weighted by Crippen LogP contribution is 2.32. The smallest absolute Gasteiger partial charge is 0.338 e. The van der Waals surface area contributed by atoms with Gasteiger partial charge < -0.3 is 14.8 Å². The SMILES string of the molecule is Cc1sc(NC(=O)CCc2ccco2)c(C(=O)O)c1C. The fourth-order valence-corrected chi connectivity index (χ4v) is 2.92. The molecule has 0 aliphatic rings. The monoisotopic (exact) mass is 293 g/mol. The maximum Gasteiger partial charge on any atom is 0.338 e. The van der Waals surface area contributed by atoms with Crippen LogP contribution in [0.25, 0.3) is 0 Å². The first-order valence-electron chi connectivity index (χ1n) is 6.14. The van der Waals surface area contributed by atoms with Crippen LogP contribution in [0.15, 0.2) is 22.8 Å². The quantitative estimate of drug-likeness (QED) is 0.887. The fraction of sp³-hybridized carbons (Fsp3) is 0.286. The van der Waals surface area contributed by atoms with Gasteiger partial charge in [-0.1, -0.05) is 0 Å². The Morgan fingerprint density at radius 1 is 1.40 bits per heavy atom. The summed E-state index contributed by atoms with van der Waals surface area (Å²) in [4.78, 5) is 24.0. The zero-order valence-electron chi connectivity index (χ0n) is 11.2. The average molecular weight is 293 g/mol. The number of carbonyl (C=O) groups excluding carboxylic acids is 1. The Morgan fingerprint density at radius 3 is 2.75 bits per heavy atom. The van der Waals surface area contributed by atoms with Crippen molar-refractivity contribution in [2.45, 2.75) is 26.7 Å². The third kappa shape index (κ3) is 3.08. The third-order valence-corrected chi connectivity index (χ3v) is 4.15. The number of thiophene rings is 1. The van der Waals surface area contributed by atoms with Crippen molar-refractivity contribution in [2.75, 3.05) is 5.32 Å². The second-order valence-electron chi connectivity index (χ2n) is 4.42. The molecule has 6 heteroatoms. The molecule has 2 aromatic heterocycles. The van der Waals surface area contributed by atoms with E-state index in [1.807, 2.05) is 6.92 Å². The van der Waals surface area contributed by atoms with E-state index in [9.17, 15) is 14.7 Å². The van der Waals surface area contributed by atoms with E-state index in [4.69, 9.17) is 4.42 Å². The van der Waals surface area contributed by atoms with Gasteiger partial charge in [0.25, 0.3) is 0 Å². The summed E-state index contributed by atoms with van der Waals surface area (Å²) in [5.41, 5.74) is 0.877. The molecule has 0 spiro atoms. The maximum atomic E-state index is 11.9. The van der Waals surface area contributed by atoms with E-state index in [0.29, 0.717) is 17.0 Å². The second-order valence-corrected chi connectivity index (χ2v) is 5.64. The third-order valence-electron chi connectivity index (χ3n) is 3.03. The highest BCUT2D eigenvalue weighted by molar-refractivity contribution is 7.16. The molecule has 2 heterocycles. The zero-order valence-corrected chi connectivity index (χ0v) is 12.0. The predicted octanol–water partition coefficient (Wildman–Crippen LogP) is 3.23. The first kappa shape index (κ1) is 14.3. The van der Waals surface area contributed by atoms with E-state index in [1.54, 1.807) is 25.3 Å². The molecule has 0 atom stereocenters. The molecule has 0 radical (unpaired) electrons. The Balaban J connectivity index is 2.04. The van der Waals surface area contributed by atoms with Gasteiger partial charge in [0, 0.05) is 17.7 Å². The minimum Gasteiger partial charge on any atom is -0.478 e. The molecule has 0 aliphatic heterocycles. The molecule has 2 rings (SSSR count). The van der Waals surface area contributed by atoms with E-state index in [-0.39, 0.29) is 17.9 Å². The maximum absolute atomic E-state index is 11.9. The van der Waals surface area contributed by atoms with Crippen LogP contribution in [0.4, 0.5) is 5.00 Å². The standard InChI is InChI=1S/C14H15NO4S/c1-8-9(2)20-13(12(8)14(17)18)15-11(16)6-5-10-4-3-7-19-10/h3-4,7H,5-6H2,1-2H3,(H,15,16)(H,17,18). The van der Waals surface area contributed by atoms with Crippen LogP contribution in [0.5, 0.6) is 0 Å². The Bertz CT molecular complexity index is 628. The largest absolute Gasteiger partial charge is 0.478 e. The molecule has 2 aromatic rings. The number of anilines is 1. The number of aryl methyl sites for hydroxylation is 2. The molecular weight excluding hydrogens is 278 g/mol. The second kappa shape index (κ2) is 5.92. The van der Waals surface area contributed by atoms with Gasteiger partial charge in [-0.3, -0.25) is 4.79 Å². The summed E-state index contributed by atoms with van der Waals surface area (Å²) < 4.78 is 5.15. The van der Waals surface area contributed by atoms with Crippen LogP contribution >= 0.6 is 11.3 Å². The lowest BCUT2D eigenvalue weighted by Crippen LogP contribution is -2.13. The summed E-state index contributed by atoms with van der Waals surface area (Å²) in [6.07, 6.45) is 2.30. The fourth-order valence-electron chi connectivity index (χ4n) is 1.85. The molecule has 0 aromatic carbocycles. The van der Waals surface area contributed by atoms with Crippen LogP contribution in [0.3, 0.4) is 0 Å². The number of nitrogens with one attached hydrogen (secondary N) is 1. The number of furan rings is 1. The van der Waals surface area contributed by atoms with Crippen LogP contribution in [0, 0.1) is 13.8 Å². The Hall–Kier alpha value is -2.08. The number of carbonyl (C=O) groups is 2. The Kier molecular flexibility index (Phi) is 4.24. The van der Waals surface area contributed by atoms with Gasteiger partial charge in [0.05, 0.1) is 11.8 Å². The average Bonchev–Trinajstić information content (AvgIpc) is 2.96. The summed E-state index contributed by atoms with van der Waals surface area (Å²) >= 11 is 1.28. The summed E-state index contributed by atoms with van der Waals surface area (Å²) in [6, 6.07) is 3.57. The zero-order chi connectivity index (χ0) is 14.7. The molecule has 20 heavy (non-hydrogen) atoms. The van der Waals surface area contributed by atoms with E-state index < -0.39 is 5.97 Å². The number of carboxylic acids is 1. The Labute approximate surface area is 120 Å². The molecule has 0 unspecified atom stereocenters. The predicted molar refractivity (Wildman–Crippen MR) is 76.4 cm³/mol. The van der Waals surface area contributed by atoms with Crippen LogP contribution in [-0.4, -0.2) is 17.0 Å². The number of carboxylic acid groups (broad SMARTS) is 1. The van der Waals surface area contributed by atoms with E-state index >= 15 is 0 Å². The van der Waals surface area contributed by atoms with Gasteiger partial charge in [-0.25, -0.2) is 4.79 Å². The van der Waals surface area contributed by atoms with Gasteiger partial charge in [-0.05, 0) is 31.5 Å². The molecule has 106 valence electrons. The molecule has 0 fully saturated rings. The van der Waals surface area contributed by atoms with Gasteiger partial charge in [0.2, 0.25) is 5.91 Å². The van der Waals surface area contributed by atoms with Crippen molar-refractivity contribution >= 4 is 28.2 Å². The van der Waals surface area contributed by atoms with Crippen molar-refractivity contribution < 1.29 is 19.1 Å². The van der Waals surface area contributed by atoms with Crippen LogP contribution in [0.2, 0.25) is 0 Å². The van der Waals surface area contributed by atoms with Crippen LogP contribution in [-0.2, 0) is 11.2 Å². The molecule has 0 aliphatic carbocycles. The van der Waals surface area contributed by atoms with Gasteiger partial charge in [-0.15, -0.1) is 11.3 Å². The number of hydrogen-bond acceptors (Lipinski definition) is 4. The van der Waals surface area contributed by atoms with Crippen molar-refractivity contribution in [1.82, 2.24) is 0 Å². The number of amides is 1. The lowest BCUT2D eigenvalue weighted by molar-refractivity contribution is -0.116. The highest BCUT2D eigenvalue weighted by Gasteiger charge is 2.20. The van der Waals surface area contributed by atoms with Crippen molar-refractivity contribution in [3.8, 4) is 0 Å². The minimum absolute atomic E-state index is 0.179. The van der Waals surface area contributed by atoms with E-state index in [0.717, 1.165) is 10.6 Å². The summed E-state index contributed by atoms with van der Waals surface area (Å²) in [5, 5.41) is 12.3. The van der Waals surface area contributed by atoms with Crippen molar-refractivity contribution in [2.24, 2.45) is 0 Å². The van der Waals surface area contributed by atoms with Gasteiger partial charge in [0.15, 0.2) is 0 Å². The van der Waals surface area contributed by atoms with Gasteiger partial charge in [0.1, 0.15) is 10.8 Å². The van der Waals surface area contributed by atoms with Crippen LogP contribution < -0.4 is 5.32 Å². The Morgan fingerprint density at radius 2 is 2.15 bits per heavy atom. The first-order valence-corrected chi connectivity index (χ1v) is 6.96. The minimum atomic E-state index is -1.02. The van der Waals surface area contributed by atoms with Gasteiger partial charge >= 0.3 is 5.97 Å². The lowest BCUT2D eigenvalue weighted by Gasteiger charge is -2.03. The van der Waals surface area contributed by atoms with Crippen molar-refractivity contribution in [1.29, 1.82) is 0 Å². The first-order chi connectivity index (χ1) is 9.49.